The molecule has 1 rings (SSSR count). The fourth-order valence-corrected chi connectivity index (χ4v) is 0.925. The SMILES string of the molecule is CCN=NCc1ccc(C)cc1. The molecule has 0 radical (unpaired) electrons. The molecule has 0 aliphatic carbocycles. The van der Waals surface area contributed by atoms with Crippen LogP contribution in [0.15, 0.2) is 34.5 Å². The Balaban J connectivity index is 2.53. The lowest BCUT2D eigenvalue weighted by Gasteiger charge is -1.95. The molecule has 0 N–H and O–H groups in total. The van der Waals surface area contributed by atoms with Crippen LogP contribution in [0.2, 0.25) is 0 Å². The smallest absolute Gasteiger partial charge is 0.0849 e. The van der Waals surface area contributed by atoms with Gasteiger partial charge in [0.1, 0.15) is 0 Å². The van der Waals surface area contributed by atoms with Gasteiger partial charge < -0.3 is 0 Å². The highest BCUT2D eigenvalue weighted by Crippen LogP contribution is 2.04. The summed E-state index contributed by atoms with van der Waals surface area (Å²) in [6.07, 6.45) is 0. The Labute approximate surface area is 73.3 Å². The maximum Gasteiger partial charge on any atom is 0.0849 e. The van der Waals surface area contributed by atoms with Gasteiger partial charge in [0.2, 0.25) is 0 Å². The second-order valence-corrected chi connectivity index (χ2v) is 2.74. The zero-order valence-corrected chi connectivity index (χ0v) is 7.62. The molecule has 2 nitrogen and oxygen atoms in total. The third-order valence-corrected chi connectivity index (χ3v) is 1.62. The highest BCUT2D eigenvalue weighted by molar-refractivity contribution is 5.20. The Kier molecular flexibility index (Phi) is 3.45. The number of benzene rings is 1. The van der Waals surface area contributed by atoms with E-state index in [1.54, 1.807) is 0 Å². The van der Waals surface area contributed by atoms with Crippen molar-refractivity contribution >= 4 is 0 Å². The summed E-state index contributed by atoms with van der Waals surface area (Å²) in [5.74, 6) is 0. The standard InChI is InChI=1S/C10H14N2/c1-3-11-12-8-10-6-4-9(2)5-7-10/h4-7H,3,8H2,1-2H3. The molecule has 0 bridgehead atoms. The van der Waals surface area contributed by atoms with Gasteiger partial charge in [-0.2, -0.15) is 10.2 Å². The highest BCUT2D eigenvalue weighted by Gasteiger charge is 1.88. The Morgan fingerprint density at radius 1 is 1.08 bits per heavy atom. The number of hydrogen-bond acceptors (Lipinski definition) is 2. The van der Waals surface area contributed by atoms with Crippen molar-refractivity contribution in [3.63, 3.8) is 0 Å². The summed E-state index contributed by atoms with van der Waals surface area (Å²) < 4.78 is 0. The van der Waals surface area contributed by atoms with E-state index in [-0.39, 0.29) is 0 Å². The van der Waals surface area contributed by atoms with E-state index in [0.717, 1.165) is 6.54 Å². The van der Waals surface area contributed by atoms with Crippen LogP contribution in [0.5, 0.6) is 0 Å². The predicted molar refractivity (Wildman–Crippen MR) is 50.3 cm³/mol. The Morgan fingerprint density at radius 2 is 1.75 bits per heavy atom. The average molecular weight is 162 g/mol. The first-order valence-corrected chi connectivity index (χ1v) is 4.21. The molecule has 0 aliphatic heterocycles. The average Bonchev–Trinajstić information content (AvgIpc) is 2.09. The van der Waals surface area contributed by atoms with Gasteiger partial charge in [-0.25, -0.2) is 0 Å². The fraction of sp³-hybridized carbons (Fsp3) is 0.400. The van der Waals surface area contributed by atoms with E-state index in [1.807, 2.05) is 6.92 Å². The number of rotatable bonds is 3. The fourth-order valence-electron chi connectivity index (χ4n) is 0.925. The van der Waals surface area contributed by atoms with Gasteiger partial charge in [0, 0.05) is 0 Å². The van der Waals surface area contributed by atoms with Crippen LogP contribution < -0.4 is 0 Å². The van der Waals surface area contributed by atoms with Crippen molar-refractivity contribution < 1.29 is 0 Å². The first kappa shape index (κ1) is 8.91. The lowest BCUT2D eigenvalue weighted by Crippen LogP contribution is -1.80. The van der Waals surface area contributed by atoms with Crippen LogP contribution in [-0.2, 0) is 6.54 Å². The third kappa shape index (κ3) is 2.82. The zero-order chi connectivity index (χ0) is 8.81. The first-order valence-electron chi connectivity index (χ1n) is 4.21. The summed E-state index contributed by atoms with van der Waals surface area (Å²) in [6.45, 7) is 5.54. The van der Waals surface area contributed by atoms with E-state index in [0.29, 0.717) is 6.54 Å². The van der Waals surface area contributed by atoms with E-state index in [9.17, 15) is 0 Å². The van der Waals surface area contributed by atoms with Crippen LogP contribution in [0.25, 0.3) is 0 Å². The molecule has 0 atom stereocenters. The third-order valence-electron chi connectivity index (χ3n) is 1.62. The number of nitrogens with zero attached hydrogens (tertiary/aromatic N) is 2. The van der Waals surface area contributed by atoms with Gasteiger partial charge in [0.05, 0.1) is 13.1 Å². The number of azo groups is 1. The van der Waals surface area contributed by atoms with Crippen LogP contribution in [0.1, 0.15) is 18.1 Å². The summed E-state index contributed by atoms with van der Waals surface area (Å²) >= 11 is 0. The predicted octanol–water partition coefficient (Wildman–Crippen LogP) is 2.97. The first-order chi connectivity index (χ1) is 5.83. The van der Waals surface area contributed by atoms with Crippen molar-refractivity contribution in [2.24, 2.45) is 10.2 Å². The minimum Gasteiger partial charge on any atom is -0.194 e. The topological polar surface area (TPSA) is 24.7 Å². The highest BCUT2D eigenvalue weighted by atomic mass is 15.1. The van der Waals surface area contributed by atoms with Crippen molar-refractivity contribution in [3.05, 3.63) is 35.4 Å². The maximum atomic E-state index is 4.01. The van der Waals surface area contributed by atoms with Crippen molar-refractivity contribution in [1.29, 1.82) is 0 Å². The summed E-state index contributed by atoms with van der Waals surface area (Å²) in [5.41, 5.74) is 2.50. The Morgan fingerprint density at radius 3 is 2.33 bits per heavy atom. The molecule has 0 saturated heterocycles. The molecule has 0 saturated carbocycles. The zero-order valence-electron chi connectivity index (χ0n) is 7.62. The van der Waals surface area contributed by atoms with Gasteiger partial charge in [-0.3, -0.25) is 0 Å². The molecule has 0 amide bonds. The molecule has 0 fully saturated rings. The molecule has 0 heterocycles. The molecule has 12 heavy (non-hydrogen) atoms. The molecule has 1 aromatic rings. The van der Waals surface area contributed by atoms with Gasteiger partial charge in [0.15, 0.2) is 0 Å². The van der Waals surface area contributed by atoms with Crippen LogP contribution in [0.4, 0.5) is 0 Å². The van der Waals surface area contributed by atoms with Gasteiger partial charge in [-0.1, -0.05) is 29.8 Å². The summed E-state index contributed by atoms with van der Waals surface area (Å²) in [7, 11) is 0. The van der Waals surface area contributed by atoms with Crippen molar-refractivity contribution in [1.82, 2.24) is 0 Å². The van der Waals surface area contributed by atoms with E-state index < -0.39 is 0 Å². The molecule has 64 valence electrons. The van der Waals surface area contributed by atoms with E-state index in [4.69, 9.17) is 0 Å². The monoisotopic (exact) mass is 162 g/mol. The normalized spacial score (nSPS) is 10.8. The molecule has 0 unspecified atom stereocenters. The van der Waals surface area contributed by atoms with E-state index in [1.165, 1.54) is 11.1 Å². The second kappa shape index (κ2) is 4.65. The summed E-state index contributed by atoms with van der Waals surface area (Å²) in [6, 6.07) is 8.36. The minimum atomic E-state index is 0.702. The van der Waals surface area contributed by atoms with Gasteiger partial charge >= 0.3 is 0 Å². The van der Waals surface area contributed by atoms with Gasteiger partial charge in [0.25, 0.3) is 0 Å². The Hall–Kier alpha value is -1.18. The van der Waals surface area contributed by atoms with Crippen LogP contribution in [-0.4, -0.2) is 6.54 Å². The number of aryl methyl sites for hydroxylation is 1. The van der Waals surface area contributed by atoms with E-state index in [2.05, 4.69) is 41.4 Å². The largest absolute Gasteiger partial charge is 0.194 e. The minimum absolute atomic E-state index is 0.702. The maximum absolute atomic E-state index is 4.01. The van der Waals surface area contributed by atoms with Crippen molar-refractivity contribution in [3.8, 4) is 0 Å². The molecule has 0 spiro atoms. The molecule has 0 aromatic heterocycles. The van der Waals surface area contributed by atoms with Crippen LogP contribution in [0.3, 0.4) is 0 Å². The molecule has 2 heteroatoms. The van der Waals surface area contributed by atoms with Crippen molar-refractivity contribution in [2.45, 2.75) is 20.4 Å². The van der Waals surface area contributed by atoms with Gasteiger partial charge in [-0.15, -0.1) is 0 Å². The lowest BCUT2D eigenvalue weighted by molar-refractivity contribution is 0.875. The second-order valence-electron chi connectivity index (χ2n) is 2.74. The molecule has 1 aromatic carbocycles. The Bertz CT molecular complexity index is 249. The quantitative estimate of drug-likeness (QED) is 0.610. The molecular weight excluding hydrogens is 148 g/mol. The molecule has 0 aliphatic rings. The summed E-state index contributed by atoms with van der Waals surface area (Å²) in [5, 5.41) is 7.93. The lowest BCUT2D eigenvalue weighted by atomic mass is 10.2. The van der Waals surface area contributed by atoms with Crippen molar-refractivity contribution in [2.75, 3.05) is 6.54 Å². The number of hydrogen-bond donors (Lipinski definition) is 0. The van der Waals surface area contributed by atoms with Gasteiger partial charge in [-0.05, 0) is 19.4 Å². The summed E-state index contributed by atoms with van der Waals surface area (Å²) in [4.78, 5) is 0. The van der Waals surface area contributed by atoms with Crippen LogP contribution >= 0.6 is 0 Å². The molecular formula is C10H14N2. The van der Waals surface area contributed by atoms with E-state index >= 15 is 0 Å². The van der Waals surface area contributed by atoms with Crippen LogP contribution in [0, 0.1) is 6.92 Å².